The van der Waals surface area contributed by atoms with Gasteiger partial charge in [0.05, 0.1) is 0 Å². The van der Waals surface area contributed by atoms with Gasteiger partial charge in [-0.3, -0.25) is 0 Å². The third-order valence-corrected chi connectivity index (χ3v) is 6.42. The van der Waals surface area contributed by atoms with Crippen molar-refractivity contribution in [2.24, 2.45) is 5.41 Å². The molecule has 0 radical (unpaired) electrons. The van der Waals surface area contributed by atoms with Crippen LogP contribution in [0.3, 0.4) is 0 Å². The summed E-state index contributed by atoms with van der Waals surface area (Å²) in [5.41, 5.74) is 1.04. The lowest BCUT2D eigenvalue weighted by Gasteiger charge is -2.25. The molecule has 0 unspecified atom stereocenters. The minimum Gasteiger partial charge on any atom is -0.210 e. The molecule has 0 aliphatic rings. The Morgan fingerprint density at radius 3 is 2.43 bits per heavy atom. The molecule has 1 heterocycles. The first-order valence-electron chi connectivity index (χ1n) is 6.56. The summed E-state index contributed by atoms with van der Waals surface area (Å²) in [6.07, 6.45) is 0.813. The summed E-state index contributed by atoms with van der Waals surface area (Å²) in [5.74, 6) is 0. The Morgan fingerprint density at radius 1 is 1.19 bits per heavy atom. The SMILES string of the molecule is CC(C)(CNS(=O)(=O)c1cccs1)Cc1ccc(Br)cc1. The lowest BCUT2D eigenvalue weighted by Crippen LogP contribution is -2.35. The number of halogens is 1. The van der Waals surface area contributed by atoms with Crippen LogP contribution < -0.4 is 4.72 Å². The summed E-state index contributed by atoms with van der Waals surface area (Å²) >= 11 is 4.64. The second-order valence-electron chi connectivity index (χ2n) is 5.72. The number of hydrogen-bond acceptors (Lipinski definition) is 3. The molecule has 2 aromatic rings. The molecule has 21 heavy (non-hydrogen) atoms. The van der Waals surface area contributed by atoms with E-state index in [9.17, 15) is 8.42 Å². The van der Waals surface area contributed by atoms with Gasteiger partial charge in [-0.25, -0.2) is 13.1 Å². The molecular weight excluding hydrogens is 370 g/mol. The van der Waals surface area contributed by atoms with Crippen LogP contribution in [-0.4, -0.2) is 15.0 Å². The topological polar surface area (TPSA) is 46.2 Å². The number of rotatable bonds is 6. The van der Waals surface area contributed by atoms with Crippen LogP contribution in [0.5, 0.6) is 0 Å². The van der Waals surface area contributed by atoms with E-state index in [4.69, 9.17) is 0 Å². The highest BCUT2D eigenvalue weighted by molar-refractivity contribution is 9.10. The predicted molar refractivity (Wildman–Crippen MR) is 91.1 cm³/mol. The maximum Gasteiger partial charge on any atom is 0.250 e. The summed E-state index contributed by atoms with van der Waals surface area (Å²) in [6, 6.07) is 11.5. The van der Waals surface area contributed by atoms with E-state index >= 15 is 0 Å². The molecule has 0 saturated heterocycles. The number of benzene rings is 1. The fourth-order valence-corrected chi connectivity index (χ4v) is 4.54. The molecule has 0 fully saturated rings. The standard InChI is InChI=1S/C15H18BrNO2S2/c1-15(2,10-12-5-7-13(16)8-6-12)11-17-21(18,19)14-4-3-9-20-14/h3-9,17H,10-11H2,1-2H3. The summed E-state index contributed by atoms with van der Waals surface area (Å²) in [4.78, 5) is 0. The van der Waals surface area contributed by atoms with Gasteiger partial charge in [0, 0.05) is 11.0 Å². The van der Waals surface area contributed by atoms with Gasteiger partial charge in [-0.2, -0.15) is 0 Å². The van der Waals surface area contributed by atoms with Crippen molar-refractivity contribution in [3.63, 3.8) is 0 Å². The summed E-state index contributed by atoms with van der Waals surface area (Å²) in [7, 11) is -3.39. The quantitative estimate of drug-likeness (QED) is 0.811. The second-order valence-corrected chi connectivity index (χ2v) is 9.58. The Kier molecular flexibility index (Phi) is 5.24. The molecule has 1 aromatic carbocycles. The first kappa shape index (κ1) is 16.7. The summed E-state index contributed by atoms with van der Waals surface area (Å²) in [5, 5.41) is 1.77. The predicted octanol–water partition coefficient (Wildman–Crippen LogP) is 4.06. The van der Waals surface area contributed by atoms with Crippen LogP contribution in [0.1, 0.15) is 19.4 Å². The molecule has 0 spiro atoms. The van der Waals surface area contributed by atoms with Crippen molar-refractivity contribution in [1.29, 1.82) is 0 Å². The molecule has 0 aliphatic carbocycles. The Balaban J connectivity index is 1.99. The molecule has 2 rings (SSSR count). The first-order valence-corrected chi connectivity index (χ1v) is 9.72. The summed E-state index contributed by atoms with van der Waals surface area (Å²) < 4.78 is 28.4. The number of hydrogen-bond donors (Lipinski definition) is 1. The highest BCUT2D eigenvalue weighted by Gasteiger charge is 2.23. The molecule has 114 valence electrons. The maximum absolute atomic E-state index is 12.1. The fourth-order valence-electron chi connectivity index (χ4n) is 2.00. The van der Waals surface area contributed by atoms with Crippen LogP contribution in [0.15, 0.2) is 50.5 Å². The number of sulfonamides is 1. The summed E-state index contributed by atoms with van der Waals surface area (Å²) in [6.45, 7) is 4.53. The number of thiophene rings is 1. The van der Waals surface area contributed by atoms with Crippen molar-refractivity contribution >= 4 is 37.3 Å². The van der Waals surface area contributed by atoms with Gasteiger partial charge in [-0.15, -0.1) is 11.3 Å². The third-order valence-electron chi connectivity index (χ3n) is 3.10. The molecule has 6 heteroatoms. The second kappa shape index (κ2) is 6.60. The molecule has 1 N–H and O–H groups in total. The van der Waals surface area contributed by atoms with Crippen LogP contribution in [0.4, 0.5) is 0 Å². The Bertz CT molecular complexity index is 677. The van der Waals surface area contributed by atoms with Crippen LogP contribution >= 0.6 is 27.3 Å². The van der Waals surface area contributed by atoms with Crippen molar-refractivity contribution in [3.8, 4) is 0 Å². The highest BCUT2D eigenvalue weighted by Crippen LogP contribution is 2.23. The normalized spacial score (nSPS) is 12.5. The van der Waals surface area contributed by atoms with E-state index in [1.165, 1.54) is 16.9 Å². The zero-order valence-electron chi connectivity index (χ0n) is 12.0. The molecular formula is C15H18BrNO2S2. The molecule has 0 saturated carbocycles. The van der Waals surface area contributed by atoms with Gasteiger partial charge in [-0.1, -0.05) is 48.0 Å². The van der Waals surface area contributed by atoms with Crippen molar-refractivity contribution in [3.05, 3.63) is 51.8 Å². The van der Waals surface area contributed by atoms with Gasteiger partial charge < -0.3 is 0 Å². The van der Waals surface area contributed by atoms with Crippen LogP contribution in [0.25, 0.3) is 0 Å². The Morgan fingerprint density at radius 2 is 1.86 bits per heavy atom. The highest BCUT2D eigenvalue weighted by atomic mass is 79.9. The Labute approximate surface area is 138 Å². The van der Waals surface area contributed by atoms with Gasteiger partial charge in [0.2, 0.25) is 10.0 Å². The van der Waals surface area contributed by atoms with Gasteiger partial charge in [0.25, 0.3) is 0 Å². The molecule has 0 amide bonds. The van der Waals surface area contributed by atoms with E-state index < -0.39 is 10.0 Å². The van der Waals surface area contributed by atoms with E-state index in [1.807, 2.05) is 12.1 Å². The zero-order chi connectivity index (χ0) is 15.5. The van der Waals surface area contributed by atoms with Crippen LogP contribution in [0, 0.1) is 5.41 Å². The van der Waals surface area contributed by atoms with Gasteiger partial charge in [-0.05, 0) is 41.0 Å². The van der Waals surface area contributed by atoms with E-state index in [0.717, 1.165) is 10.9 Å². The molecule has 0 bridgehead atoms. The van der Waals surface area contributed by atoms with E-state index in [0.29, 0.717) is 10.8 Å². The molecule has 3 nitrogen and oxygen atoms in total. The van der Waals surface area contributed by atoms with E-state index in [-0.39, 0.29) is 5.41 Å². The van der Waals surface area contributed by atoms with Crippen molar-refractivity contribution < 1.29 is 8.42 Å². The first-order chi connectivity index (χ1) is 9.78. The molecule has 0 atom stereocenters. The van der Waals surface area contributed by atoms with Gasteiger partial charge in [0.15, 0.2) is 0 Å². The smallest absolute Gasteiger partial charge is 0.210 e. The minimum absolute atomic E-state index is 0.155. The monoisotopic (exact) mass is 387 g/mol. The van der Waals surface area contributed by atoms with Crippen LogP contribution in [-0.2, 0) is 16.4 Å². The Hall–Kier alpha value is -0.690. The molecule has 1 aromatic heterocycles. The third kappa shape index (κ3) is 4.92. The number of nitrogens with one attached hydrogen (secondary N) is 1. The van der Waals surface area contributed by atoms with Gasteiger partial charge in [0.1, 0.15) is 4.21 Å². The average Bonchev–Trinajstić information content (AvgIpc) is 2.94. The van der Waals surface area contributed by atoms with Gasteiger partial charge >= 0.3 is 0 Å². The van der Waals surface area contributed by atoms with Crippen molar-refractivity contribution in [2.75, 3.05) is 6.54 Å². The van der Waals surface area contributed by atoms with E-state index in [2.05, 4.69) is 46.6 Å². The minimum atomic E-state index is -3.39. The fraction of sp³-hybridized carbons (Fsp3) is 0.333. The average molecular weight is 388 g/mol. The lowest BCUT2D eigenvalue weighted by atomic mass is 9.86. The van der Waals surface area contributed by atoms with Crippen molar-refractivity contribution in [1.82, 2.24) is 4.72 Å². The zero-order valence-corrected chi connectivity index (χ0v) is 15.2. The largest absolute Gasteiger partial charge is 0.250 e. The molecule has 0 aliphatic heterocycles. The lowest BCUT2D eigenvalue weighted by molar-refractivity contribution is 0.361. The van der Waals surface area contributed by atoms with E-state index in [1.54, 1.807) is 17.5 Å². The maximum atomic E-state index is 12.1. The van der Waals surface area contributed by atoms with Crippen molar-refractivity contribution in [2.45, 2.75) is 24.5 Å². The van der Waals surface area contributed by atoms with Crippen LogP contribution in [0.2, 0.25) is 0 Å².